The fourth-order valence-corrected chi connectivity index (χ4v) is 1.80. The van der Waals surface area contributed by atoms with Gasteiger partial charge < -0.3 is 4.74 Å². The summed E-state index contributed by atoms with van der Waals surface area (Å²) in [6.07, 6.45) is 6.01. The smallest absolute Gasteiger partial charge is 0.336 e. The molecule has 0 aliphatic carbocycles. The normalized spacial score (nSPS) is 10.8. The molecule has 0 aliphatic rings. The molecule has 0 spiro atoms. The highest BCUT2D eigenvalue weighted by Gasteiger charge is 2.07. The highest BCUT2D eigenvalue weighted by molar-refractivity contribution is 5.88. The van der Waals surface area contributed by atoms with E-state index < -0.39 is 5.97 Å². The first-order valence-corrected chi connectivity index (χ1v) is 6.30. The summed E-state index contributed by atoms with van der Waals surface area (Å²) in [6.45, 7) is 5.91. The van der Waals surface area contributed by atoms with Crippen LogP contribution in [-0.2, 0) is 4.79 Å². The molecule has 102 valence electrons. The summed E-state index contributed by atoms with van der Waals surface area (Å²) in [7, 11) is 0. The Labute approximate surface area is 118 Å². The number of aryl methyl sites for hydroxylation is 2. The monoisotopic (exact) mass is 268 g/mol. The first kappa shape index (κ1) is 13.9. The summed E-state index contributed by atoms with van der Waals surface area (Å²) in [5.74, 6) is 0.177. The van der Waals surface area contributed by atoms with Gasteiger partial charge in [0.15, 0.2) is 0 Å². The van der Waals surface area contributed by atoms with Crippen LogP contribution in [0.3, 0.4) is 0 Å². The van der Waals surface area contributed by atoms with Crippen molar-refractivity contribution in [3.8, 4) is 5.75 Å². The molecule has 2 rings (SSSR count). The Morgan fingerprint density at radius 3 is 2.75 bits per heavy atom. The summed E-state index contributed by atoms with van der Waals surface area (Å²) in [4.78, 5) is 19.6. The van der Waals surface area contributed by atoms with Crippen LogP contribution >= 0.6 is 0 Å². The predicted octanol–water partition coefficient (Wildman–Crippen LogP) is 3.02. The lowest BCUT2D eigenvalue weighted by Crippen LogP contribution is -2.06. The van der Waals surface area contributed by atoms with E-state index in [0.717, 1.165) is 16.7 Å². The maximum atomic E-state index is 11.8. The van der Waals surface area contributed by atoms with E-state index in [9.17, 15) is 4.79 Å². The molecule has 1 aromatic heterocycles. The van der Waals surface area contributed by atoms with E-state index in [4.69, 9.17) is 4.74 Å². The molecule has 0 bridgehead atoms. The minimum absolute atomic E-state index is 0.420. The van der Waals surface area contributed by atoms with Crippen LogP contribution in [0.2, 0.25) is 0 Å². The minimum atomic E-state index is -0.420. The molecule has 0 saturated carbocycles. The molecule has 0 radical (unpaired) electrons. The van der Waals surface area contributed by atoms with Gasteiger partial charge in [-0.15, -0.1) is 0 Å². The largest absolute Gasteiger partial charge is 0.423 e. The molecule has 0 unspecified atom stereocenters. The van der Waals surface area contributed by atoms with Gasteiger partial charge >= 0.3 is 5.97 Å². The van der Waals surface area contributed by atoms with Crippen LogP contribution in [0.5, 0.6) is 5.75 Å². The van der Waals surface area contributed by atoms with Gasteiger partial charge in [0.05, 0.1) is 5.69 Å². The van der Waals surface area contributed by atoms with Crippen LogP contribution in [0.25, 0.3) is 6.08 Å². The van der Waals surface area contributed by atoms with Crippen LogP contribution in [0.15, 0.2) is 36.8 Å². The number of nitrogens with zero attached hydrogens (tertiary/aromatic N) is 2. The molecular weight excluding hydrogens is 252 g/mol. The van der Waals surface area contributed by atoms with Crippen molar-refractivity contribution in [2.75, 3.05) is 0 Å². The second kappa shape index (κ2) is 6.10. The quantitative estimate of drug-likeness (QED) is 0.488. The molecule has 2 aromatic rings. The van der Waals surface area contributed by atoms with Gasteiger partial charge in [-0.25, -0.2) is 14.8 Å². The van der Waals surface area contributed by atoms with E-state index in [1.807, 2.05) is 26.8 Å². The Bertz CT molecular complexity index is 649. The topological polar surface area (TPSA) is 52.1 Å². The number of hydrogen-bond acceptors (Lipinski definition) is 4. The number of benzene rings is 1. The molecular formula is C16H16N2O2. The lowest BCUT2D eigenvalue weighted by molar-refractivity contribution is -0.128. The van der Waals surface area contributed by atoms with Gasteiger partial charge in [0.1, 0.15) is 12.1 Å². The van der Waals surface area contributed by atoms with E-state index in [1.165, 1.54) is 12.4 Å². The average Bonchev–Trinajstić information content (AvgIpc) is 2.43. The maximum Gasteiger partial charge on any atom is 0.336 e. The molecule has 4 heteroatoms. The summed E-state index contributed by atoms with van der Waals surface area (Å²) >= 11 is 0. The van der Waals surface area contributed by atoms with Gasteiger partial charge in [-0.3, -0.25) is 0 Å². The number of ether oxygens (including phenoxy) is 1. The van der Waals surface area contributed by atoms with Crippen LogP contribution in [0.1, 0.15) is 22.4 Å². The number of carbonyl (C=O) groups is 1. The number of carbonyl (C=O) groups excluding carboxylic acids is 1. The van der Waals surface area contributed by atoms with E-state index >= 15 is 0 Å². The van der Waals surface area contributed by atoms with Crippen LogP contribution in [0.4, 0.5) is 0 Å². The maximum absolute atomic E-state index is 11.8. The Morgan fingerprint density at radius 2 is 2.05 bits per heavy atom. The third-order valence-corrected chi connectivity index (χ3v) is 2.97. The van der Waals surface area contributed by atoms with Gasteiger partial charge in [0, 0.05) is 12.3 Å². The molecule has 0 N–H and O–H groups in total. The van der Waals surface area contributed by atoms with Crippen molar-refractivity contribution in [1.29, 1.82) is 0 Å². The Hall–Kier alpha value is -2.49. The summed E-state index contributed by atoms with van der Waals surface area (Å²) in [5, 5.41) is 0. The number of rotatable bonds is 3. The molecule has 0 atom stereocenters. The third-order valence-electron chi connectivity index (χ3n) is 2.97. The SMILES string of the molecule is Cc1cc(C)c(C)c(OC(=O)/C=C/c2ccncn2)c1. The zero-order valence-corrected chi connectivity index (χ0v) is 11.8. The van der Waals surface area contributed by atoms with Gasteiger partial charge in [-0.2, -0.15) is 0 Å². The van der Waals surface area contributed by atoms with Crippen LogP contribution in [-0.4, -0.2) is 15.9 Å². The molecule has 1 aromatic carbocycles. The second-order valence-electron chi connectivity index (χ2n) is 4.59. The molecule has 20 heavy (non-hydrogen) atoms. The highest BCUT2D eigenvalue weighted by atomic mass is 16.5. The van der Waals surface area contributed by atoms with Gasteiger partial charge in [0.25, 0.3) is 0 Å². The van der Waals surface area contributed by atoms with Crippen molar-refractivity contribution in [2.45, 2.75) is 20.8 Å². The summed E-state index contributed by atoms with van der Waals surface area (Å²) < 4.78 is 5.36. The zero-order valence-electron chi connectivity index (χ0n) is 11.8. The fourth-order valence-electron chi connectivity index (χ4n) is 1.80. The van der Waals surface area contributed by atoms with E-state index in [1.54, 1.807) is 18.3 Å². The molecule has 1 heterocycles. The number of esters is 1. The van der Waals surface area contributed by atoms with E-state index in [2.05, 4.69) is 16.0 Å². The minimum Gasteiger partial charge on any atom is -0.423 e. The standard InChI is InChI=1S/C16H16N2O2/c1-11-8-12(2)13(3)15(9-11)20-16(19)5-4-14-6-7-17-10-18-14/h4-10H,1-3H3/b5-4+. The van der Waals surface area contributed by atoms with E-state index in [-0.39, 0.29) is 0 Å². The van der Waals surface area contributed by atoms with Crippen molar-refractivity contribution in [3.05, 3.63) is 59.2 Å². The Balaban J connectivity index is 2.11. The lowest BCUT2D eigenvalue weighted by atomic mass is 10.1. The van der Waals surface area contributed by atoms with E-state index in [0.29, 0.717) is 11.4 Å². The van der Waals surface area contributed by atoms with Crippen LogP contribution < -0.4 is 4.74 Å². The van der Waals surface area contributed by atoms with Crippen molar-refractivity contribution in [3.63, 3.8) is 0 Å². The summed E-state index contributed by atoms with van der Waals surface area (Å²) in [6, 6.07) is 5.63. The number of hydrogen-bond donors (Lipinski definition) is 0. The second-order valence-corrected chi connectivity index (χ2v) is 4.59. The lowest BCUT2D eigenvalue weighted by Gasteiger charge is -2.09. The predicted molar refractivity (Wildman–Crippen MR) is 77.4 cm³/mol. The first-order chi connectivity index (χ1) is 9.56. The zero-order chi connectivity index (χ0) is 14.5. The first-order valence-electron chi connectivity index (χ1n) is 6.30. The Kier molecular flexibility index (Phi) is 4.25. The van der Waals surface area contributed by atoms with Crippen molar-refractivity contribution in [1.82, 2.24) is 9.97 Å². The molecule has 4 nitrogen and oxygen atoms in total. The number of aromatic nitrogens is 2. The molecule has 0 amide bonds. The van der Waals surface area contributed by atoms with Gasteiger partial charge in [0.2, 0.25) is 0 Å². The Morgan fingerprint density at radius 1 is 1.25 bits per heavy atom. The summed E-state index contributed by atoms with van der Waals surface area (Å²) in [5.41, 5.74) is 3.80. The van der Waals surface area contributed by atoms with Gasteiger partial charge in [-0.05, 0) is 55.7 Å². The van der Waals surface area contributed by atoms with Crippen molar-refractivity contribution >= 4 is 12.0 Å². The van der Waals surface area contributed by atoms with Crippen molar-refractivity contribution in [2.24, 2.45) is 0 Å². The van der Waals surface area contributed by atoms with Gasteiger partial charge in [-0.1, -0.05) is 6.07 Å². The fraction of sp³-hybridized carbons (Fsp3) is 0.188. The third kappa shape index (κ3) is 3.51. The molecule has 0 saturated heterocycles. The molecule has 0 aliphatic heterocycles. The van der Waals surface area contributed by atoms with Crippen LogP contribution in [0, 0.1) is 20.8 Å². The van der Waals surface area contributed by atoms with Crippen molar-refractivity contribution < 1.29 is 9.53 Å². The average molecular weight is 268 g/mol. The molecule has 0 fully saturated rings. The highest BCUT2D eigenvalue weighted by Crippen LogP contribution is 2.23.